The van der Waals surface area contributed by atoms with Crippen molar-refractivity contribution in [1.82, 2.24) is 15.1 Å². The molecule has 0 aromatic heterocycles. The van der Waals surface area contributed by atoms with Crippen LogP contribution >= 0.6 is 12.4 Å². The van der Waals surface area contributed by atoms with Gasteiger partial charge in [0.2, 0.25) is 5.91 Å². The second-order valence-electron chi connectivity index (χ2n) is 5.70. The molecular formula is C13H24ClN3O. The molecule has 2 atom stereocenters. The number of piperazine rings is 1. The molecule has 3 saturated heterocycles. The first-order chi connectivity index (χ1) is 8.29. The summed E-state index contributed by atoms with van der Waals surface area (Å²) in [6.45, 7) is 7.32. The molecule has 0 saturated carbocycles. The highest BCUT2D eigenvalue weighted by molar-refractivity contribution is 5.85. The molecule has 1 amide bonds. The van der Waals surface area contributed by atoms with Crippen molar-refractivity contribution in [1.29, 1.82) is 0 Å². The van der Waals surface area contributed by atoms with Gasteiger partial charge in [-0.2, -0.15) is 0 Å². The number of hydrogen-bond acceptors (Lipinski definition) is 3. The van der Waals surface area contributed by atoms with Gasteiger partial charge in [-0.05, 0) is 25.8 Å². The van der Waals surface area contributed by atoms with Gasteiger partial charge in [0.25, 0.3) is 0 Å². The van der Waals surface area contributed by atoms with E-state index >= 15 is 0 Å². The number of hydrogen-bond donors (Lipinski definition) is 1. The van der Waals surface area contributed by atoms with Gasteiger partial charge < -0.3 is 10.2 Å². The zero-order valence-corrected chi connectivity index (χ0v) is 11.9. The molecule has 3 aliphatic heterocycles. The van der Waals surface area contributed by atoms with E-state index in [2.05, 4.69) is 22.0 Å². The Hall–Kier alpha value is -0.320. The molecule has 18 heavy (non-hydrogen) atoms. The molecule has 0 spiro atoms. The molecule has 5 heteroatoms. The summed E-state index contributed by atoms with van der Waals surface area (Å²) in [5, 5.41) is 3.20. The van der Waals surface area contributed by atoms with Gasteiger partial charge >= 0.3 is 0 Å². The SMILES string of the molecule is CCC1CN2CCCC2CN1C(=O)C1CNC1.Cl. The fraction of sp³-hybridized carbons (Fsp3) is 0.923. The third kappa shape index (κ3) is 2.38. The normalized spacial score (nSPS) is 32.6. The van der Waals surface area contributed by atoms with Crippen LogP contribution in [0, 0.1) is 5.92 Å². The zero-order chi connectivity index (χ0) is 11.8. The van der Waals surface area contributed by atoms with Crippen molar-refractivity contribution in [2.24, 2.45) is 5.92 Å². The highest BCUT2D eigenvalue weighted by atomic mass is 35.5. The summed E-state index contributed by atoms with van der Waals surface area (Å²) in [6.07, 6.45) is 3.69. The van der Waals surface area contributed by atoms with Crippen LogP contribution in [0.1, 0.15) is 26.2 Å². The van der Waals surface area contributed by atoms with E-state index in [1.807, 2.05) is 0 Å². The van der Waals surface area contributed by atoms with E-state index in [4.69, 9.17) is 0 Å². The lowest BCUT2D eigenvalue weighted by Gasteiger charge is -2.45. The first-order valence-corrected chi connectivity index (χ1v) is 7.05. The van der Waals surface area contributed by atoms with E-state index < -0.39 is 0 Å². The summed E-state index contributed by atoms with van der Waals surface area (Å²) >= 11 is 0. The number of nitrogens with one attached hydrogen (secondary N) is 1. The number of carbonyl (C=O) groups is 1. The van der Waals surface area contributed by atoms with Crippen molar-refractivity contribution in [2.75, 3.05) is 32.7 Å². The van der Waals surface area contributed by atoms with Crippen LogP contribution in [0.4, 0.5) is 0 Å². The number of halogens is 1. The Bertz CT molecular complexity index is 309. The summed E-state index contributed by atoms with van der Waals surface area (Å²) in [5.41, 5.74) is 0. The highest BCUT2D eigenvalue weighted by Crippen LogP contribution is 2.27. The Morgan fingerprint density at radius 2 is 2.11 bits per heavy atom. The van der Waals surface area contributed by atoms with Gasteiger partial charge in [-0.15, -0.1) is 12.4 Å². The molecule has 3 fully saturated rings. The van der Waals surface area contributed by atoms with E-state index in [0.717, 1.165) is 32.6 Å². The zero-order valence-electron chi connectivity index (χ0n) is 11.1. The number of rotatable bonds is 2. The Morgan fingerprint density at radius 3 is 2.72 bits per heavy atom. The lowest BCUT2D eigenvalue weighted by Crippen LogP contribution is -2.62. The average Bonchev–Trinajstić information content (AvgIpc) is 2.71. The van der Waals surface area contributed by atoms with Gasteiger partial charge in [-0.1, -0.05) is 6.92 Å². The summed E-state index contributed by atoms with van der Waals surface area (Å²) < 4.78 is 0. The highest BCUT2D eigenvalue weighted by Gasteiger charge is 2.40. The lowest BCUT2D eigenvalue weighted by atomic mass is 9.97. The van der Waals surface area contributed by atoms with Crippen molar-refractivity contribution >= 4 is 18.3 Å². The quantitative estimate of drug-likeness (QED) is 0.805. The van der Waals surface area contributed by atoms with Crippen LogP contribution in [0.5, 0.6) is 0 Å². The molecule has 3 rings (SSSR count). The molecule has 0 aliphatic carbocycles. The van der Waals surface area contributed by atoms with E-state index in [-0.39, 0.29) is 18.3 Å². The van der Waals surface area contributed by atoms with Gasteiger partial charge in [0, 0.05) is 38.3 Å². The molecule has 3 aliphatic rings. The first-order valence-electron chi connectivity index (χ1n) is 7.05. The van der Waals surface area contributed by atoms with Crippen molar-refractivity contribution in [3.8, 4) is 0 Å². The van der Waals surface area contributed by atoms with E-state index in [1.54, 1.807) is 0 Å². The maximum Gasteiger partial charge on any atom is 0.228 e. The largest absolute Gasteiger partial charge is 0.337 e. The molecule has 2 unspecified atom stereocenters. The van der Waals surface area contributed by atoms with Crippen LogP contribution in [-0.2, 0) is 4.79 Å². The number of fused-ring (bicyclic) bond motifs is 1. The molecule has 1 N–H and O–H groups in total. The van der Waals surface area contributed by atoms with Crippen LogP contribution in [0.15, 0.2) is 0 Å². The minimum atomic E-state index is 0. The Balaban J connectivity index is 0.00000120. The van der Waals surface area contributed by atoms with Gasteiger partial charge in [0.05, 0.1) is 5.92 Å². The Kier molecular flexibility index (Phi) is 4.51. The van der Waals surface area contributed by atoms with Crippen molar-refractivity contribution in [2.45, 2.75) is 38.3 Å². The molecule has 104 valence electrons. The van der Waals surface area contributed by atoms with Gasteiger partial charge in [0.15, 0.2) is 0 Å². The number of amides is 1. The molecule has 4 nitrogen and oxygen atoms in total. The first kappa shape index (κ1) is 14.1. The van der Waals surface area contributed by atoms with Crippen LogP contribution in [-0.4, -0.2) is 60.5 Å². The van der Waals surface area contributed by atoms with E-state index in [0.29, 0.717) is 18.0 Å². The maximum absolute atomic E-state index is 12.4. The fourth-order valence-corrected chi connectivity index (χ4v) is 3.40. The fourth-order valence-electron chi connectivity index (χ4n) is 3.40. The summed E-state index contributed by atoms with van der Waals surface area (Å²) in [4.78, 5) is 17.2. The van der Waals surface area contributed by atoms with Gasteiger partial charge in [-0.3, -0.25) is 9.69 Å². The third-order valence-corrected chi connectivity index (χ3v) is 4.68. The second-order valence-corrected chi connectivity index (χ2v) is 5.70. The molecule has 0 bridgehead atoms. The minimum Gasteiger partial charge on any atom is -0.337 e. The minimum absolute atomic E-state index is 0. The predicted molar refractivity (Wildman–Crippen MR) is 74.0 cm³/mol. The topological polar surface area (TPSA) is 35.6 Å². The summed E-state index contributed by atoms with van der Waals surface area (Å²) in [7, 11) is 0. The maximum atomic E-state index is 12.4. The van der Waals surface area contributed by atoms with Gasteiger partial charge in [0.1, 0.15) is 0 Å². The van der Waals surface area contributed by atoms with Crippen molar-refractivity contribution < 1.29 is 4.79 Å². The summed E-state index contributed by atoms with van der Waals surface area (Å²) in [5.74, 6) is 0.666. The van der Waals surface area contributed by atoms with Crippen LogP contribution in [0.25, 0.3) is 0 Å². The number of carbonyl (C=O) groups excluding carboxylic acids is 1. The van der Waals surface area contributed by atoms with E-state index in [9.17, 15) is 4.79 Å². The van der Waals surface area contributed by atoms with Crippen LogP contribution < -0.4 is 5.32 Å². The van der Waals surface area contributed by atoms with Crippen molar-refractivity contribution in [3.05, 3.63) is 0 Å². The smallest absolute Gasteiger partial charge is 0.228 e. The van der Waals surface area contributed by atoms with Gasteiger partial charge in [-0.25, -0.2) is 0 Å². The van der Waals surface area contributed by atoms with Crippen LogP contribution in [0.3, 0.4) is 0 Å². The lowest BCUT2D eigenvalue weighted by molar-refractivity contribution is -0.143. The van der Waals surface area contributed by atoms with E-state index in [1.165, 1.54) is 19.4 Å². The molecule has 3 heterocycles. The molecule has 0 aromatic rings. The summed E-state index contributed by atoms with van der Waals surface area (Å²) in [6, 6.07) is 1.10. The second kappa shape index (κ2) is 5.76. The Labute approximate surface area is 115 Å². The van der Waals surface area contributed by atoms with Crippen LogP contribution in [0.2, 0.25) is 0 Å². The monoisotopic (exact) mass is 273 g/mol. The Morgan fingerprint density at radius 1 is 1.33 bits per heavy atom. The van der Waals surface area contributed by atoms with Crippen molar-refractivity contribution in [3.63, 3.8) is 0 Å². The third-order valence-electron chi connectivity index (χ3n) is 4.68. The average molecular weight is 274 g/mol. The number of nitrogens with zero attached hydrogens (tertiary/aromatic N) is 2. The molecule has 0 aromatic carbocycles. The standard InChI is InChI=1S/C13H23N3O.ClH/c1-2-11-8-15-5-3-4-12(15)9-16(11)13(17)10-6-14-7-10;/h10-12,14H,2-9H2,1H3;1H. The predicted octanol–water partition coefficient (Wildman–Crippen LogP) is 0.713. The molecular weight excluding hydrogens is 250 g/mol. The molecule has 0 radical (unpaired) electrons.